The number of hydrogen-bond donors (Lipinski definition) is 1. The molecule has 0 fully saturated rings. The van der Waals surface area contributed by atoms with Gasteiger partial charge in [0.05, 0.1) is 0 Å². The molecule has 1 unspecified atom stereocenters. The third-order valence-corrected chi connectivity index (χ3v) is 4.05. The Morgan fingerprint density at radius 3 is 2.47 bits per heavy atom. The van der Waals surface area contributed by atoms with Crippen LogP contribution in [0.2, 0.25) is 0 Å². The molecule has 1 atom stereocenters. The summed E-state index contributed by atoms with van der Waals surface area (Å²) in [6, 6.07) is 8.91. The van der Waals surface area contributed by atoms with E-state index < -0.39 is 6.49 Å². The fraction of sp³-hybridized carbons (Fsp3) is 0.364. The SMILES string of the molecule is CC(=NOC(C)C)OP(O)(=S)c1ccccc1. The van der Waals surface area contributed by atoms with E-state index in [-0.39, 0.29) is 12.0 Å². The van der Waals surface area contributed by atoms with Gasteiger partial charge in [0.25, 0.3) is 6.49 Å². The van der Waals surface area contributed by atoms with Gasteiger partial charge in [-0.3, -0.25) is 0 Å². The van der Waals surface area contributed by atoms with Gasteiger partial charge in [0, 0.05) is 12.2 Å². The molecule has 0 saturated carbocycles. The standard InChI is InChI=1S/C11H16NO3PS/c1-9(2)14-12-10(3)15-16(13,17)11-7-5-4-6-8-11/h4-9H,1-3H3,(H,13,17). The van der Waals surface area contributed by atoms with Gasteiger partial charge in [-0.2, -0.15) is 0 Å². The second-order valence-electron chi connectivity index (χ2n) is 3.71. The van der Waals surface area contributed by atoms with Crippen LogP contribution in [0.25, 0.3) is 0 Å². The Hall–Kier alpha value is -0.900. The maximum Gasteiger partial charge on any atom is 0.267 e. The van der Waals surface area contributed by atoms with Crippen molar-refractivity contribution in [2.75, 3.05) is 0 Å². The Kier molecular flexibility index (Phi) is 5.12. The van der Waals surface area contributed by atoms with Crippen LogP contribution in [0, 0.1) is 0 Å². The normalized spacial score (nSPS) is 15.5. The van der Waals surface area contributed by atoms with E-state index in [2.05, 4.69) is 5.16 Å². The second-order valence-corrected chi connectivity index (χ2v) is 6.94. The number of benzene rings is 1. The highest BCUT2D eigenvalue weighted by atomic mass is 32.5. The summed E-state index contributed by atoms with van der Waals surface area (Å²) in [5.74, 6) is 0.230. The van der Waals surface area contributed by atoms with Crippen LogP contribution in [0.15, 0.2) is 35.5 Å². The molecular formula is C11H16NO3PS. The lowest BCUT2D eigenvalue weighted by atomic mass is 10.4. The third kappa shape index (κ3) is 4.86. The van der Waals surface area contributed by atoms with Crippen LogP contribution in [0.4, 0.5) is 0 Å². The van der Waals surface area contributed by atoms with Crippen LogP contribution in [-0.4, -0.2) is 16.9 Å². The Morgan fingerprint density at radius 2 is 1.94 bits per heavy atom. The highest BCUT2D eigenvalue weighted by Crippen LogP contribution is 2.41. The minimum absolute atomic E-state index is 0.0400. The summed E-state index contributed by atoms with van der Waals surface area (Å²) in [5, 5.41) is 4.32. The molecule has 0 saturated heterocycles. The van der Waals surface area contributed by atoms with E-state index in [1.54, 1.807) is 31.2 Å². The van der Waals surface area contributed by atoms with E-state index in [1.807, 2.05) is 19.9 Å². The quantitative estimate of drug-likeness (QED) is 0.396. The minimum atomic E-state index is -3.04. The second kappa shape index (κ2) is 6.15. The fourth-order valence-electron chi connectivity index (χ4n) is 1.04. The van der Waals surface area contributed by atoms with Crippen molar-refractivity contribution in [2.24, 2.45) is 5.16 Å². The van der Waals surface area contributed by atoms with Crippen molar-refractivity contribution in [3.63, 3.8) is 0 Å². The predicted octanol–water partition coefficient (Wildman–Crippen LogP) is 2.39. The average molecular weight is 273 g/mol. The van der Waals surface area contributed by atoms with Gasteiger partial charge in [-0.15, -0.1) is 0 Å². The summed E-state index contributed by atoms with van der Waals surface area (Å²) in [6.07, 6.45) is -0.0400. The maximum atomic E-state index is 10.1. The molecular weight excluding hydrogens is 257 g/mol. The first-order valence-corrected chi connectivity index (χ1v) is 7.87. The first-order valence-electron chi connectivity index (χ1n) is 5.20. The van der Waals surface area contributed by atoms with Gasteiger partial charge in [0.1, 0.15) is 6.10 Å². The van der Waals surface area contributed by atoms with Crippen molar-refractivity contribution < 1.29 is 14.3 Å². The zero-order chi connectivity index (χ0) is 12.9. The molecule has 1 aromatic rings. The molecule has 94 valence electrons. The van der Waals surface area contributed by atoms with E-state index >= 15 is 0 Å². The van der Waals surface area contributed by atoms with Gasteiger partial charge in [0.15, 0.2) is 0 Å². The molecule has 0 spiro atoms. The number of hydrogen-bond acceptors (Lipinski definition) is 4. The van der Waals surface area contributed by atoms with Crippen LogP contribution in [-0.2, 0) is 21.2 Å². The molecule has 1 rings (SSSR count). The van der Waals surface area contributed by atoms with Gasteiger partial charge in [-0.05, 0) is 37.8 Å². The molecule has 0 radical (unpaired) electrons. The molecule has 0 bridgehead atoms. The summed E-state index contributed by atoms with van der Waals surface area (Å²) >= 11 is 5.07. The Morgan fingerprint density at radius 1 is 1.35 bits per heavy atom. The van der Waals surface area contributed by atoms with E-state index in [0.717, 1.165) is 0 Å². The van der Waals surface area contributed by atoms with E-state index in [1.165, 1.54) is 0 Å². The number of nitrogens with zero attached hydrogens (tertiary/aromatic N) is 1. The molecule has 0 amide bonds. The van der Waals surface area contributed by atoms with Crippen molar-refractivity contribution >= 4 is 29.5 Å². The van der Waals surface area contributed by atoms with Crippen LogP contribution in [0.1, 0.15) is 20.8 Å². The first kappa shape index (κ1) is 14.2. The lowest BCUT2D eigenvalue weighted by Crippen LogP contribution is -2.10. The molecule has 6 heteroatoms. The monoisotopic (exact) mass is 273 g/mol. The number of rotatable bonds is 4. The summed E-state index contributed by atoms with van der Waals surface area (Å²) in [4.78, 5) is 15.1. The minimum Gasteiger partial charge on any atom is -0.423 e. The van der Waals surface area contributed by atoms with Crippen LogP contribution in [0.3, 0.4) is 0 Å². The Balaban J connectivity index is 2.74. The molecule has 4 nitrogen and oxygen atoms in total. The largest absolute Gasteiger partial charge is 0.423 e. The molecule has 0 aliphatic rings. The first-order chi connectivity index (χ1) is 7.92. The summed E-state index contributed by atoms with van der Waals surface area (Å²) in [5.41, 5.74) is 0. The Bertz CT molecular complexity index is 434. The van der Waals surface area contributed by atoms with E-state index in [0.29, 0.717) is 5.30 Å². The molecule has 0 heterocycles. The van der Waals surface area contributed by atoms with Crippen molar-refractivity contribution in [2.45, 2.75) is 26.9 Å². The van der Waals surface area contributed by atoms with Crippen molar-refractivity contribution in [3.8, 4) is 0 Å². The predicted molar refractivity (Wildman–Crippen MR) is 73.0 cm³/mol. The lowest BCUT2D eigenvalue weighted by molar-refractivity contribution is 0.0818. The van der Waals surface area contributed by atoms with Crippen LogP contribution >= 0.6 is 6.49 Å². The molecule has 0 aromatic heterocycles. The molecule has 0 aliphatic heterocycles. The Labute approximate surface area is 106 Å². The van der Waals surface area contributed by atoms with Crippen molar-refractivity contribution in [1.29, 1.82) is 0 Å². The third-order valence-electron chi connectivity index (χ3n) is 1.73. The molecule has 1 aromatic carbocycles. The van der Waals surface area contributed by atoms with E-state index in [9.17, 15) is 4.89 Å². The fourth-order valence-corrected chi connectivity index (χ4v) is 2.78. The zero-order valence-corrected chi connectivity index (χ0v) is 11.7. The summed E-state index contributed by atoms with van der Waals surface area (Å²) < 4.78 is 5.28. The van der Waals surface area contributed by atoms with Crippen LogP contribution < -0.4 is 5.30 Å². The summed E-state index contributed by atoms with van der Waals surface area (Å²) in [7, 11) is 0. The zero-order valence-electron chi connectivity index (χ0n) is 10.0. The molecule has 1 N–H and O–H groups in total. The molecule has 0 aliphatic carbocycles. The smallest absolute Gasteiger partial charge is 0.267 e. The van der Waals surface area contributed by atoms with Gasteiger partial charge in [-0.25, -0.2) is 0 Å². The van der Waals surface area contributed by atoms with Crippen LogP contribution in [0.5, 0.6) is 0 Å². The van der Waals surface area contributed by atoms with E-state index in [4.69, 9.17) is 21.2 Å². The molecule has 17 heavy (non-hydrogen) atoms. The van der Waals surface area contributed by atoms with Crippen molar-refractivity contribution in [3.05, 3.63) is 30.3 Å². The van der Waals surface area contributed by atoms with Gasteiger partial charge in [-0.1, -0.05) is 23.4 Å². The van der Waals surface area contributed by atoms with Gasteiger partial charge >= 0.3 is 0 Å². The lowest BCUT2D eigenvalue weighted by Gasteiger charge is -2.16. The highest BCUT2D eigenvalue weighted by Gasteiger charge is 2.19. The summed E-state index contributed by atoms with van der Waals surface area (Å²) in [6.45, 7) is 2.26. The maximum absolute atomic E-state index is 10.1. The van der Waals surface area contributed by atoms with Gasteiger partial charge < -0.3 is 14.3 Å². The highest BCUT2D eigenvalue weighted by molar-refractivity contribution is 8.13. The average Bonchev–Trinajstić information content (AvgIpc) is 2.27. The van der Waals surface area contributed by atoms with Crippen molar-refractivity contribution in [1.82, 2.24) is 0 Å². The number of oxime groups is 1. The van der Waals surface area contributed by atoms with Gasteiger partial charge in [0.2, 0.25) is 5.90 Å². The topological polar surface area (TPSA) is 51.0 Å².